The van der Waals surface area contributed by atoms with Crippen LogP contribution in [-0.2, 0) is 0 Å². The molecule has 3 aromatic heterocycles. The molecule has 0 radical (unpaired) electrons. The predicted octanol–water partition coefficient (Wildman–Crippen LogP) is 12.5. The number of nitrogens with zero attached hydrogens (tertiary/aromatic N) is 6. The summed E-state index contributed by atoms with van der Waals surface area (Å²) in [5.41, 5.74) is 4.78. The van der Waals surface area contributed by atoms with Crippen molar-refractivity contribution in [1.29, 1.82) is 0 Å². The van der Waals surface area contributed by atoms with Gasteiger partial charge in [-0.05, 0) is 111 Å². The number of hydrogen-bond donors (Lipinski definition) is 0. The molecule has 0 aliphatic carbocycles. The number of hydrogen-bond acceptors (Lipinski definition) is 13. The molecule has 57 heavy (non-hydrogen) atoms. The van der Waals surface area contributed by atoms with Crippen molar-refractivity contribution >= 4 is 89.6 Å². The molecule has 0 saturated carbocycles. The third-order valence-corrected chi connectivity index (χ3v) is 12.1. The molecule has 12 nitrogen and oxygen atoms in total. The minimum Gasteiger partial charge on any atom is -0.497 e. The minimum absolute atomic E-state index is 0.0466. The molecule has 0 aliphatic rings. The SMILES string of the molecule is COc1ccc(N(c2ccc(C)cc2)c2ccc(-c3c([N+](=O)[O-])c([N+](=O)[O-])c(-c4ccc(N(c5ccc(C)cc5)c5ccc(OC)cc5)s4)c4nsnc34)s2)cc1. The van der Waals surface area contributed by atoms with Crippen LogP contribution in [0.5, 0.6) is 11.5 Å². The van der Waals surface area contributed by atoms with Crippen LogP contribution in [0.25, 0.3) is 31.9 Å². The summed E-state index contributed by atoms with van der Waals surface area (Å²) in [6, 6.07) is 38.3. The van der Waals surface area contributed by atoms with Gasteiger partial charge in [0, 0.05) is 32.5 Å². The number of methoxy groups -OCH3 is 2. The first kappa shape index (κ1) is 37.3. The molecule has 284 valence electrons. The van der Waals surface area contributed by atoms with Gasteiger partial charge in [-0.3, -0.25) is 20.2 Å². The van der Waals surface area contributed by atoms with Crippen molar-refractivity contribution in [2.45, 2.75) is 13.8 Å². The van der Waals surface area contributed by atoms with E-state index in [2.05, 4.69) is 8.75 Å². The molecule has 0 amide bonds. The summed E-state index contributed by atoms with van der Waals surface area (Å²) in [6.45, 7) is 4.01. The van der Waals surface area contributed by atoms with Crippen molar-refractivity contribution in [3.05, 3.63) is 153 Å². The van der Waals surface area contributed by atoms with Crippen molar-refractivity contribution in [3.8, 4) is 32.4 Å². The third kappa shape index (κ3) is 7.03. The van der Waals surface area contributed by atoms with Gasteiger partial charge in [0.15, 0.2) is 0 Å². The van der Waals surface area contributed by atoms with Crippen LogP contribution in [0, 0.1) is 34.1 Å². The van der Waals surface area contributed by atoms with E-state index in [0.717, 1.165) is 55.6 Å². The number of nitro benzene ring substituents is 2. The molecular formula is C42H32N6O6S3. The van der Waals surface area contributed by atoms with Crippen LogP contribution in [0.15, 0.2) is 121 Å². The quantitative estimate of drug-likeness (QED) is 0.0865. The lowest BCUT2D eigenvalue weighted by molar-refractivity contribution is -0.421. The normalized spacial score (nSPS) is 11.1. The van der Waals surface area contributed by atoms with E-state index in [1.54, 1.807) is 26.4 Å². The van der Waals surface area contributed by atoms with E-state index < -0.39 is 21.2 Å². The van der Waals surface area contributed by atoms with Crippen molar-refractivity contribution in [2.24, 2.45) is 0 Å². The highest BCUT2D eigenvalue weighted by molar-refractivity contribution is 7.20. The number of anilines is 6. The Balaban J connectivity index is 1.29. The zero-order valence-corrected chi connectivity index (χ0v) is 33.4. The molecular weight excluding hydrogens is 781 g/mol. The Labute approximate surface area is 339 Å². The summed E-state index contributed by atoms with van der Waals surface area (Å²) in [5, 5.41) is 27.7. The van der Waals surface area contributed by atoms with Gasteiger partial charge in [-0.15, -0.1) is 22.7 Å². The molecule has 5 aromatic carbocycles. The summed E-state index contributed by atoms with van der Waals surface area (Å²) in [6.07, 6.45) is 0. The van der Waals surface area contributed by atoms with Gasteiger partial charge in [-0.2, -0.15) is 8.75 Å². The predicted molar refractivity (Wildman–Crippen MR) is 229 cm³/mol. The van der Waals surface area contributed by atoms with Crippen LogP contribution >= 0.6 is 34.4 Å². The molecule has 15 heteroatoms. The van der Waals surface area contributed by atoms with E-state index in [1.165, 1.54) is 22.7 Å². The topological polar surface area (TPSA) is 137 Å². The fraction of sp³-hybridized carbons (Fsp3) is 0.0952. The number of ether oxygens (including phenoxy) is 2. The number of fused-ring (bicyclic) bond motifs is 1. The first-order valence-electron chi connectivity index (χ1n) is 17.5. The van der Waals surface area contributed by atoms with Gasteiger partial charge in [-0.1, -0.05) is 35.4 Å². The molecule has 8 aromatic rings. The number of aromatic nitrogens is 2. The Kier molecular flexibility index (Phi) is 10.1. The van der Waals surface area contributed by atoms with E-state index in [4.69, 9.17) is 9.47 Å². The lowest BCUT2D eigenvalue weighted by atomic mass is 10.0. The average Bonchev–Trinajstić information content (AvgIpc) is 4.02. The number of benzene rings is 5. The van der Waals surface area contributed by atoms with Crippen LogP contribution in [-0.4, -0.2) is 32.8 Å². The lowest BCUT2D eigenvalue weighted by Crippen LogP contribution is -2.08. The second-order valence-electron chi connectivity index (χ2n) is 12.9. The van der Waals surface area contributed by atoms with Crippen LogP contribution < -0.4 is 19.3 Å². The number of thiophene rings is 2. The lowest BCUT2D eigenvalue weighted by Gasteiger charge is -2.24. The molecule has 8 rings (SSSR count). The molecule has 0 spiro atoms. The number of aryl methyl sites for hydroxylation is 2. The molecule has 0 aliphatic heterocycles. The summed E-state index contributed by atoms with van der Waals surface area (Å²) >= 11 is 3.39. The molecule has 0 atom stereocenters. The second-order valence-corrected chi connectivity index (χ2v) is 15.6. The Morgan fingerprint density at radius 2 is 0.842 bits per heavy atom. The van der Waals surface area contributed by atoms with Crippen molar-refractivity contribution in [1.82, 2.24) is 8.75 Å². The number of rotatable bonds is 12. The highest BCUT2D eigenvalue weighted by Gasteiger charge is 2.40. The van der Waals surface area contributed by atoms with Crippen molar-refractivity contribution in [3.63, 3.8) is 0 Å². The molecule has 0 unspecified atom stereocenters. The molecule has 0 saturated heterocycles. The van der Waals surface area contributed by atoms with Crippen molar-refractivity contribution < 1.29 is 19.3 Å². The molecule has 0 bridgehead atoms. The molecule has 0 N–H and O–H groups in total. The summed E-state index contributed by atoms with van der Waals surface area (Å²) in [5.74, 6) is 1.38. The maximum atomic E-state index is 13.1. The van der Waals surface area contributed by atoms with E-state index in [-0.39, 0.29) is 22.2 Å². The largest absolute Gasteiger partial charge is 0.497 e. The van der Waals surface area contributed by atoms with Crippen LogP contribution in [0.1, 0.15) is 11.1 Å². The highest BCUT2D eigenvalue weighted by Crippen LogP contribution is 2.54. The minimum atomic E-state index is -0.680. The fourth-order valence-corrected chi connectivity index (χ4v) is 9.37. The molecule has 3 heterocycles. The van der Waals surface area contributed by atoms with Crippen molar-refractivity contribution in [2.75, 3.05) is 24.0 Å². The van der Waals surface area contributed by atoms with Crippen LogP contribution in [0.2, 0.25) is 0 Å². The Bertz CT molecular complexity index is 2560. The Morgan fingerprint density at radius 3 is 1.16 bits per heavy atom. The van der Waals surface area contributed by atoms with Gasteiger partial charge >= 0.3 is 11.4 Å². The Hall–Kier alpha value is -6.68. The van der Waals surface area contributed by atoms with Crippen LogP contribution in [0.4, 0.5) is 44.1 Å². The van der Waals surface area contributed by atoms with Gasteiger partial charge in [0.2, 0.25) is 0 Å². The van der Waals surface area contributed by atoms with E-state index in [9.17, 15) is 20.2 Å². The maximum absolute atomic E-state index is 13.1. The number of nitro groups is 2. The molecule has 0 fully saturated rings. The zero-order chi connectivity index (χ0) is 39.8. The highest BCUT2D eigenvalue weighted by atomic mass is 32.1. The fourth-order valence-electron chi connectivity index (χ4n) is 6.62. The standard InChI is InChI=1S/C42H32N6O6S3/c1-25-5-9-27(10-6-25)45(29-13-17-31(53-3)18-14-29)35-23-21-33(55-35)37-39-40(44-57-43-39)38(42(48(51)52)41(37)47(49)50)34-22-24-36(56-34)46(28-11-7-26(2)8-12-28)30-15-19-32(54-4)20-16-30/h5-24H,1-4H3. The van der Waals surface area contributed by atoms with E-state index >= 15 is 0 Å². The zero-order valence-electron chi connectivity index (χ0n) is 30.9. The van der Waals surface area contributed by atoms with E-state index in [1.807, 2.05) is 133 Å². The first-order chi connectivity index (χ1) is 27.6. The second kappa shape index (κ2) is 15.5. The van der Waals surface area contributed by atoms with Gasteiger partial charge in [0.05, 0.1) is 35.8 Å². The Morgan fingerprint density at radius 1 is 0.509 bits per heavy atom. The maximum Gasteiger partial charge on any atom is 0.357 e. The smallest absolute Gasteiger partial charge is 0.357 e. The monoisotopic (exact) mass is 812 g/mol. The van der Waals surface area contributed by atoms with Gasteiger partial charge in [0.1, 0.15) is 43.7 Å². The van der Waals surface area contributed by atoms with Gasteiger partial charge in [-0.25, -0.2) is 0 Å². The first-order valence-corrected chi connectivity index (χ1v) is 19.8. The van der Waals surface area contributed by atoms with Gasteiger partial charge < -0.3 is 19.3 Å². The van der Waals surface area contributed by atoms with E-state index in [0.29, 0.717) is 21.3 Å². The van der Waals surface area contributed by atoms with Crippen LogP contribution in [0.3, 0.4) is 0 Å². The summed E-state index contributed by atoms with van der Waals surface area (Å²) in [4.78, 5) is 29.8. The van der Waals surface area contributed by atoms with Gasteiger partial charge in [0.25, 0.3) is 0 Å². The summed E-state index contributed by atoms with van der Waals surface area (Å²) < 4.78 is 19.9. The third-order valence-electron chi connectivity index (χ3n) is 9.39. The summed E-state index contributed by atoms with van der Waals surface area (Å²) in [7, 11) is 3.20. The average molecular weight is 813 g/mol.